The lowest BCUT2D eigenvalue weighted by Gasteiger charge is -2.18. The lowest BCUT2D eigenvalue weighted by molar-refractivity contribution is 0.550. The van der Waals surface area contributed by atoms with Crippen molar-refractivity contribution in [3.05, 3.63) is 59.4 Å². The molecule has 2 rings (SSSR count). The molecule has 0 aliphatic heterocycles. The SMILES string of the molecule is CCNC(c1ccncn1)c1cc(C)ccc1F. The lowest BCUT2D eigenvalue weighted by Crippen LogP contribution is -2.24. The van der Waals surface area contributed by atoms with E-state index in [1.54, 1.807) is 18.3 Å². The van der Waals surface area contributed by atoms with Gasteiger partial charge in [-0.15, -0.1) is 0 Å². The quantitative estimate of drug-likeness (QED) is 0.899. The fraction of sp³-hybridized carbons (Fsp3) is 0.286. The van der Waals surface area contributed by atoms with Gasteiger partial charge in [0.05, 0.1) is 11.7 Å². The molecule has 1 unspecified atom stereocenters. The molecular formula is C14H16FN3. The van der Waals surface area contributed by atoms with Crippen LogP contribution in [0.1, 0.15) is 29.8 Å². The van der Waals surface area contributed by atoms with E-state index in [-0.39, 0.29) is 11.9 Å². The highest BCUT2D eigenvalue weighted by Crippen LogP contribution is 2.23. The number of aryl methyl sites for hydroxylation is 1. The van der Waals surface area contributed by atoms with Gasteiger partial charge in [-0.3, -0.25) is 0 Å². The first-order valence-electron chi connectivity index (χ1n) is 5.97. The van der Waals surface area contributed by atoms with E-state index >= 15 is 0 Å². The van der Waals surface area contributed by atoms with Crippen molar-refractivity contribution in [1.29, 1.82) is 0 Å². The Labute approximate surface area is 106 Å². The highest BCUT2D eigenvalue weighted by molar-refractivity contribution is 5.32. The fourth-order valence-electron chi connectivity index (χ4n) is 1.93. The summed E-state index contributed by atoms with van der Waals surface area (Å²) in [5.74, 6) is -0.217. The second-order valence-corrected chi connectivity index (χ2v) is 4.15. The molecule has 18 heavy (non-hydrogen) atoms. The van der Waals surface area contributed by atoms with Gasteiger partial charge in [0.1, 0.15) is 12.1 Å². The molecule has 1 N–H and O–H groups in total. The fourth-order valence-corrected chi connectivity index (χ4v) is 1.93. The second-order valence-electron chi connectivity index (χ2n) is 4.15. The van der Waals surface area contributed by atoms with Gasteiger partial charge in [0.15, 0.2) is 0 Å². The first-order chi connectivity index (χ1) is 8.72. The van der Waals surface area contributed by atoms with Crippen molar-refractivity contribution in [2.24, 2.45) is 0 Å². The van der Waals surface area contributed by atoms with E-state index in [9.17, 15) is 4.39 Å². The van der Waals surface area contributed by atoms with Gasteiger partial charge in [0, 0.05) is 11.8 Å². The minimum atomic E-state index is -0.238. The van der Waals surface area contributed by atoms with Crippen LogP contribution in [0.25, 0.3) is 0 Å². The summed E-state index contributed by atoms with van der Waals surface area (Å²) in [6.07, 6.45) is 3.15. The first kappa shape index (κ1) is 12.6. The second kappa shape index (κ2) is 5.69. The molecule has 0 saturated carbocycles. The zero-order valence-electron chi connectivity index (χ0n) is 10.5. The lowest BCUT2D eigenvalue weighted by atomic mass is 10.0. The average molecular weight is 245 g/mol. The molecule has 1 atom stereocenters. The van der Waals surface area contributed by atoms with E-state index in [2.05, 4.69) is 15.3 Å². The van der Waals surface area contributed by atoms with E-state index < -0.39 is 0 Å². The van der Waals surface area contributed by atoms with Gasteiger partial charge in [-0.25, -0.2) is 14.4 Å². The molecule has 1 aromatic carbocycles. The molecule has 4 heteroatoms. The van der Waals surface area contributed by atoms with Crippen LogP contribution in [0.15, 0.2) is 36.8 Å². The van der Waals surface area contributed by atoms with Crippen molar-refractivity contribution >= 4 is 0 Å². The normalized spacial score (nSPS) is 12.4. The summed E-state index contributed by atoms with van der Waals surface area (Å²) in [6.45, 7) is 4.68. The van der Waals surface area contributed by atoms with Crippen LogP contribution in [0.4, 0.5) is 4.39 Å². The zero-order valence-corrected chi connectivity index (χ0v) is 10.5. The predicted octanol–water partition coefficient (Wildman–Crippen LogP) is 2.62. The van der Waals surface area contributed by atoms with Crippen LogP contribution >= 0.6 is 0 Å². The minimum absolute atomic E-state index is 0.217. The Balaban J connectivity index is 2.44. The van der Waals surface area contributed by atoms with Crippen LogP contribution in [0, 0.1) is 12.7 Å². The third-order valence-electron chi connectivity index (χ3n) is 2.77. The number of nitrogens with zero attached hydrogens (tertiary/aromatic N) is 2. The molecular weight excluding hydrogens is 229 g/mol. The number of benzene rings is 1. The van der Waals surface area contributed by atoms with E-state index in [0.29, 0.717) is 5.56 Å². The summed E-state index contributed by atoms with van der Waals surface area (Å²) >= 11 is 0. The van der Waals surface area contributed by atoms with Crippen molar-refractivity contribution in [2.75, 3.05) is 6.54 Å². The molecule has 0 aliphatic carbocycles. The Bertz CT molecular complexity index is 514. The van der Waals surface area contributed by atoms with Gasteiger partial charge in [-0.1, -0.05) is 24.6 Å². The van der Waals surface area contributed by atoms with E-state index in [1.807, 2.05) is 19.9 Å². The van der Waals surface area contributed by atoms with Crippen LogP contribution < -0.4 is 5.32 Å². The number of nitrogens with one attached hydrogen (secondary N) is 1. The molecule has 0 fully saturated rings. The highest BCUT2D eigenvalue weighted by Gasteiger charge is 2.18. The number of aromatic nitrogens is 2. The molecule has 0 radical (unpaired) electrons. The van der Waals surface area contributed by atoms with Gasteiger partial charge in [-0.05, 0) is 25.6 Å². The zero-order chi connectivity index (χ0) is 13.0. The van der Waals surface area contributed by atoms with Crippen LogP contribution in [0.3, 0.4) is 0 Å². The van der Waals surface area contributed by atoms with Crippen LogP contribution in [-0.4, -0.2) is 16.5 Å². The van der Waals surface area contributed by atoms with Crippen molar-refractivity contribution in [2.45, 2.75) is 19.9 Å². The Morgan fingerprint density at radius 1 is 1.33 bits per heavy atom. The minimum Gasteiger partial charge on any atom is -0.305 e. The van der Waals surface area contributed by atoms with E-state index in [4.69, 9.17) is 0 Å². The standard InChI is InChI=1S/C14H16FN3/c1-3-17-14(13-6-7-16-9-18-13)11-8-10(2)4-5-12(11)15/h4-9,14,17H,3H2,1-2H3. The molecule has 2 aromatic rings. The van der Waals surface area contributed by atoms with Crippen LogP contribution in [-0.2, 0) is 0 Å². The third-order valence-corrected chi connectivity index (χ3v) is 2.77. The molecule has 0 saturated heterocycles. The predicted molar refractivity (Wildman–Crippen MR) is 68.7 cm³/mol. The smallest absolute Gasteiger partial charge is 0.128 e. The Hall–Kier alpha value is -1.81. The molecule has 0 aliphatic rings. The average Bonchev–Trinajstić information content (AvgIpc) is 2.40. The third kappa shape index (κ3) is 2.71. The molecule has 94 valence electrons. The molecule has 3 nitrogen and oxygen atoms in total. The van der Waals surface area contributed by atoms with Crippen molar-refractivity contribution < 1.29 is 4.39 Å². The Kier molecular flexibility index (Phi) is 3.99. The summed E-state index contributed by atoms with van der Waals surface area (Å²) in [5, 5.41) is 3.25. The molecule has 0 spiro atoms. The van der Waals surface area contributed by atoms with Gasteiger partial charge < -0.3 is 5.32 Å². The molecule has 0 bridgehead atoms. The highest BCUT2D eigenvalue weighted by atomic mass is 19.1. The number of halogens is 1. The maximum atomic E-state index is 13.9. The number of hydrogen-bond donors (Lipinski definition) is 1. The summed E-state index contributed by atoms with van der Waals surface area (Å²) in [6, 6.07) is 6.68. The maximum absolute atomic E-state index is 13.9. The summed E-state index contributed by atoms with van der Waals surface area (Å²) in [4.78, 5) is 8.09. The summed E-state index contributed by atoms with van der Waals surface area (Å²) in [5.41, 5.74) is 2.43. The van der Waals surface area contributed by atoms with Crippen molar-refractivity contribution in [3.8, 4) is 0 Å². The van der Waals surface area contributed by atoms with Gasteiger partial charge in [0.2, 0.25) is 0 Å². The molecule has 1 heterocycles. The van der Waals surface area contributed by atoms with E-state index in [0.717, 1.165) is 17.8 Å². The van der Waals surface area contributed by atoms with Crippen molar-refractivity contribution in [1.82, 2.24) is 15.3 Å². The largest absolute Gasteiger partial charge is 0.305 e. The van der Waals surface area contributed by atoms with Crippen LogP contribution in [0.2, 0.25) is 0 Å². The Morgan fingerprint density at radius 3 is 2.83 bits per heavy atom. The Morgan fingerprint density at radius 2 is 2.17 bits per heavy atom. The monoisotopic (exact) mass is 245 g/mol. The molecule has 0 amide bonds. The van der Waals surface area contributed by atoms with E-state index in [1.165, 1.54) is 12.4 Å². The summed E-state index contributed by atoms with van der Waals surface area (Å²) < 4.78 is 13.9. The maximum Gasteiger partial charge on any atom is 0.128 e. The first-order valence-corrected chi connectivity index (χ1v) is 5.97. The summed E-state index contributed by atoms with van der Waals surface area (Å²) in [7, 11) is 0. The number of hydrogen-bond acceptors (Lipinski definition) is 3. The molecule has 1 aromatic heterocycles. The van der Waals surface area contributed by atoms with Gasteiger partial charge in [-0.2, -0.15) is 0 Å². The topological polar surface area (TPSA) is 37.8 Å². The van der Waals surface area contributed by atoms with Gasteiger partial charge in [0.25, 0.3) is 0 Å². The van der Waals surface area contributed by atoms with Gasteiger partial charge >= 0.3 is 0 Å². The van der Waals surface area contributed by atoms with Crippen molar-refractivity contribution in [3.63, 3.8) is 0 Å². The van der Waals surface area contributed by atoms with Crippen LogP contribution in [0.5, 0.6) is 0 Å². The number of rotatable bonds is 4.